The van der Waals surface area contributed by atoms with Crippen LogP contribution in [-0.2, 0) is 32.9 Å². The van der Waals surface area contributed by atoms with E-state index in [0.717, 1.165) is 51.0 Å². The summed E-state index contributed by atoms with van der Waals surface area (Å²) in [4.78, 5) is 4.82. The van der Waals surface area contributed by atoms with Crippen molar-refractivity contribution in [3.63, 3.8) is 0 Å². The summed E-state index contributed by atoms with van der Waals surface area (Å²) in [6, 6.07) is 35.0. The van der Waals surface area contributed by atoms with Crippen LogP contribution in [0.4, 0.5) is 0 Å². The average Bonchev–Trinajstić information content (AvgIpc) is 3.57. The number of hydrogen-bond acceptors (Lipinski definition) is 3. The zero-order chi connectivity index (χ0) is 36.2. The number of nitrogens with zero attached hydrogens (tertiary/aromatic N) is 4. The molecule has 0 saturated carbocycles. The van der Waals surface area contributed by atoms with Crippen LogP contribution < -0.4 is 4.74 Å². The van der Waals surface area contributed by atoms with Gasteiger partial charge in [-0.05, 0) is 96.0 Å². The number of ether oxygens (including phenoxy) is 1. The Kier molecular flexibility index (Phi) is 10.4. The fourth-order valence-corrected chi connectivity index (χ4v) is 7.22. The van der Waals surface area contributed by atoms with Crippen molar-refractivity contribution in [2.75, 3.05) is 0 Å². The van der Waals surface area contributed by atoms with Crippen LogP contribution in [-0.4, -0.2) is 19.3 Å². The standard InChI is InChI=1S/C46H48N4O.Pt/c1-28(2)22-42-45(44-30(5)14-13-15-31(44)6)32(7)48-50(42)35-24-34(46(8,9)10)25-37(26-35)51-36-18-19-39-38-16-11-12-17-40(38)49(41(39)27-36)43-23-33(29(3)4)20-21-47-43;/h11-21,23-25,28-29H,22H2,1-10H3;/q-2;+2. The van der Waals surface area contributed by atoms with Crippen LogP contribution in [0.15, 0.2) is 85.1 Å². The first-order valence-corrected chi connectivity index (χ1v) is 18.1. The van der Waals surface area contributed by atoms with Crippen LogP contribution in [0, 0.1) is 38.8 Å². The number of pyridine rings is 1. The number of benzene rings is 4. The topological polar surface area (TPSA) is 44.9 Å². The summed E-state index contributed by atoms with van der Waals surface area (Å²) in [6.45, 7) is 22.2. The molecular weight excluding hydrogens is 820 g/mol. The Labute approximate surface area is 323 Å². The average molecular weight is 868 g/mol. The Bertz CT molecular complexity index is 2390. The van der Waals surface area contributed by atoms with Crippen molar-refractivity contribution in [1.29, 1.82) is 0 Å². The second-order valence-corrected chi connectivity index (χ2v) is 15.7. The van der Waals surface area contributed by atoms with Gasteiger partial charge in [-0.2, -0.15) is 11.2 Å². The molecule has 52 heavy (non-hydrogen) atoms. The van der Waals surface area contributed by atoms with Crippen molar-refractivity contribution in [3.05, 3.63) is 131 Å². The monoisotopic (exact) mass is 867 g/mol. The summed E-state index contributed by atoms with van der Waals surface area (Å²) in [6.07, 6.45) is 2.78. The molecule has 5 nitrogen and oxygen atoms in total. The van der Waals surface area contributed by atoms with Crippen LogP contribution >= 0.6 is 0 Å². The summed E-state index contributed by atoms with van der Waals surface area (Å²) >= 11 is 0. The van der Waals surface area contributed by atoms with Crippen molar-refractivity contribution in [3.8, 4) is 34.1 Å². The van der Waals surface area contributed by atoms with Gasteiger partial charge < -0.3 is 9.30 Å². The Morgan fingerprint density at radius 2 is 1.50 bits per heavy atom. The van der Waals surface area contributed by atoms with E-state index in [1.165, 1.54) is 33.5 Å². The molecular formula is C46H48N4OPt. The molecule has 0 bridgehead atoms. The van der Waals surface area contributed by atoms with Gasteiger partial charge in [0.1, 0.15) is 5.82 Å². The summed E-state index contributed by atoms with van der Waals surface area (Å²) in [5, 5.41) is 7.46. The third kappa shape index (κ3) is 7.00. The SMILES string of the molecule is Cc1cccc(C)c1-c1c(C)nn(-c2[c-]c(Oc3[c-]c4c(cc3)c3ccccc3n4-c3cc(C(C)C)ccn3)cc(C(C)(C)C)c2)c1CC(C)C.[Pt+2]. The molecule has 0 aliphatic carbocycles. The minimum Gasteiger partial charge on any atom is -0.509 e. The molecule has 7 rings (SSSR count). The van der Waals surface area contributed by atoms with Gasteiger partial charge in [-0.3, -0.25) is 4.68 Å². The maximum Gasteiger partial charge on any atom is 2.00 e. The van der Waals surface area contributed by atoms with Crippen molar-refractivity contribution < 1.29 is 25.8 Å². The number of aromatic nitrogens is 4. The first-order chi connectivity index (χ1) is 24.3. The second kappa shape index (κ2) is 14.5. The van der Waals surface area contributed by atoms with Gasteiger partial charge in [0, 0.05) is 28.8 Å². The third-order valence-corrected chi connectivity index (χ3v) is 9.86. The van der Waals surface area contributed by atoms with Gasteiger partial charge in [-0.25, -0.2) is 4.98 Å². The van der Waals surface area contributed by atoms with Gasteiger partial charge >= 0.3 is 21.1 Å². The van der Waals surface area contributed by atoms with Crippen LogP contribution in [0.5, 0.6) is 11.5 Å². The van der Waals surface area contributed by atoms with Gasteiger partial charge in [0.25, 0.3) is 0 Å². The molecule has 268 valence electrons. The molecule has 0 unspecified atom stereocenters. The molecule has 0 N–H and O–H groups in total. The molecule has 6 heteroatoms. The summed E-state index contributed by atoms with van der Waals surface area (Å²) in [5.41, 5.74) is 12.4. The van der Waals surface area contributed by atoms with E-state index in [0.29, 0.717) is 23.3 Å². The maximum atomic E-state index is 6.73. The maximum absolute atomic E-state index is 6.73. The van der Waals surface area contributed by atoms with E-state index in [2.05, 4.69) is 163 Å². The van der Waals surface area contributed by atoms with Gasteiger partial charge in [-0.1, -0.05) is 90.4 Å². The molecule has 0 spiro atoms. The van der Waals surface area contributed by atoms with E-state index >= 15 is 0 Å². The predicted molar refractivity (Wildman–Crippen MR) is 211 cm³/mol. The number of hydrogen-bond donors (Lipinski definition) is 0. The fraction of sp³-hybridized carbons (Fsp3) is 0.304. The van der Waals surface area contributed by atoms with Gasteiger partial charge in [0.15, 0.2) is 0 Å². The summed E-state index contributed by atoms with van der Waals surface area (Å²) in [5.74, 6) is 2.95. The molecule has 7 aromatic rings. The Balaban J connectivity index is 0.00000464. The number of para-hydroxylation sites is 1. The van der Waals surface area contributed by atoms with Crippen LogP contribution in [0.2, 0.25) is 0 Å². The van der Waals surface area contributed by atoms with E-state index in [9.17, 15) is 0 Å². The molecule has 4 aromatic carbocycles. The van der Waals surface area contributed by atoms with E-state index in [-0.39, 0.29) is 26.5 Å². The largest absolute Gasteiger partial charge is 2.00 e. The summed E-state index contributed by atoms with van der Waals surface area (Å²) in [7, 11) is 0. The molecule has 3 aromatic heterocycles. The minimum absolute atomic E-state index is 0. The van der Waals surface area contributed by atoms with Crippen LogP contribution in [0.3, 0.4) is 0 Å². The van der Waals surface area contributed by atoms with E-state index in [1.54, 1.807) is 0 Å². The van der Waals surface area contributed by atoms with E-state index in [1.807, 2.05) is 12.3 Å². The molecule has 0 amide bonds. The van der Waals surface area contributed by atoms with Crippen molar-refractivity contribution >= 4 is 21.8 Å². The van der Waals surface area contributed by atoms with Crippen molar-refractivity contribution in [1.82, 2.24) is 19.3 Å². The molecule has 0 saturated heterocycles. The Morgan fingerprint density at radius 1 is 0.769 bits per heavy atom. The predicted octanol–water partition coefficient (Wildman–Crippen LogP) is 12.0. The number of fused-ring (bicyclic) bond motifs is 3. The van der Waals surface area contributed by atoms with Gasteiger partial charge in [-0.15, -0.1) is 41.3 Å². The zero-order valence-corrected chi connectivity index (χ0v) is 34.2. The molecule has 0 aliphatic rings. The third-order valence-electron chi connectivity index (χ3n) is 9.86. The Morgan fingerprint density at radius 3 is 2.19 bits per heavy atom. The first kappa shape index (κ1) is 37.3. The van der Waals surface area contributed by atoms with Crippen molar-refractivity contribution in [2.45, 2.75) is 87.0 Å². The van der Waals surface area contributed by atoms with Gasteiger partial charge in [0.2, 0.25) is 0 Å². The zero-order valence-electron chi connectivity index (χ0n) is 32.0. The molecule has 0 radical (unpaired) electrons. The van der Waals surface area contributed by atoms with Gasteiger partial charge in [0.05, 0.1) is 11.4 Å². The van der Waals surface area contributed by atoms with Crippen LogP contribution in [0.1, 0.15) is 88.0 Å². The molecule has 3 heterocycles. The first-order valence-electron chi connectivity index (χ1n) is 18.1. The molecule has 0 fully saturated rings. The summed E-state index contributed by atoms with van der Waals surface area (Å²) < 4.78 is 11.0. The number of rotatable bonds is 8. The normalized spacial score (nSPS) is 11.9. The molecule has 0 atom stereocenters. The fourth-order valence-electron chi connectivity index (χ4n) is 7.22. The smallest absolute Gasteiger partial charge is 0.509 e. The Hall–Kier alpha value is -4.47. The minimum atomic E-state index is -0.134. The van der Waals surface area contributed by atoms with E-state index in [4.69, 9.17) is 14.8 Å². The number of aryl methyl sites for hydroxylation is 3. The van der Waals surface area contributed by atoms with E-state index < -0.39 is 0 Å². The molecule has 0 aliphatic heterocycles. The second-order valence-electron chi connectivity index (χ2n) is 15.7. The van der Waals surface area contributed by atoms with Crippen LogP contribution in [0.25, 0.3) is 44.4 Å². The quantitative estimate of drug-likeness (QED) is 0.143. The van der Waals surface area contributed by atoms with Crippen molar-refractivity contribution in [2.24, 2.45) is 5.92 Å².